The first-order valence-electron chi connectivity index (χ1n) is 11.1. The SMILES string of the molecule is COCCN(Cc1ccc(OC)c(OS(=O)(=O)c2ccc(F)cc2)c1)C(=O)Nc1c(C)cccc1C. The van der Waals surface area contributed by atoms with Gasteiger partial charge in [-0.2, -0.15) is 8.42 Å². The van der Waals surface area contributed by atoms with E-state index in [0.717, 1.165) is 41.1 Å². The fourth-order valence-corrected chi connectivity index (χ4v) is 4.46. The zero-order valence-electron chi connectivity index (χ0n) is 20.6. The Morgan fingerprint density at radius 3 is 2.25 bits per heavy atom. The Kier molecular flexibility index (Phi) is 8.89. The molecule has 0 saturated carbocycles. The molecule has 1 N–H and O–H groups in total. The molecule has 0 aromatic heterocycles. The molecule has 0 aliphatic heterocycles. The van der Waals surface area contributed by atoms with Gasteiger partial charge in [0.25, 0.3) is 0 Å². The Bertz CT molecular complexity index is 1290. The number of benzene rings is 3. The third-order valence-corrected chi connectivity index (χ3v) is 6.72. The molecule has 0 radical (unpaired) electrons. The normalized spacial score (nSPS) is 11.1. The van der Waals surface area contributed by atoms with Gasteiger partial charge in [-0.15, -0.1) is 0 Å². The summed E-state index contributed by atoms with van der Waals surface area (Å²) in [6, 6.07) is 14.5. The molecule has 3 aromatic rings. The van der Waals surface area contributed by atoms with Crippen LogP contribution in [0.2, 0.25) is 0 Å². The molecule has 0 aliphatic rings. The van der Waals surface area contributed by atoms with Crippen molar-refractivity contribution in [3.8, 4) is 11.5 Å². The molecular formula is C26H29FN2O6S. The monoisotopic (exact) mass is 516 g/mol. The smallest absolute Gasteiger partial charge is 0.339 e. The van der Waals surface area contributed by atoms with Gasteiger partial charge in [0.15, 0.2) is 11.5 Å². The van der Waals surface area contributed by atoms with Crippen molar-refractivity contribution in [3.05, 3.63) is 83.2 Å². The van der Waals surface area contributed by atoms with Gasteiger partial charge in [0.1, 0.15) is 10.7 Å². The largest absolute Gasteiger partial charge is 0.493 e. The highest BCUT2D eigenvalue weighted by molar-refractivity contribution is 7.87. The Morgan fingerprint density at radius 2 is 1.64 bits per heavy atom. The number of aryl methyl sites for hydroxylation is 2. The van der Waals surface area contributed by atoms with Crippen molar-refractivity contribution in [2.75, 3.05) is 32.7 Å². The minimum atomic E-state index is -4.25. The number of methoxy groups -OCH3 is 2. The average Bonchev–Trinajstić information content (AvgIpc) is 2.84. The van der Waals surface area contributed by atoms with E-state index in [1.165, 1.54) is 13.2 Å². The number of nitrogens with zero attached hydrogens (tertiary/aromatic N) is 1. The van der Waals surface area contributed by atoms with Crippen molar-refractivity contribution in [1.29, 1.82) is 0 Å². The lowest BCUT2D eigenvalue weighted by atomic mass is 10.1. The zero-order chi connectivity index (χ0) is 26.3. The highest BCUT2D eigenvalue weighted by Gasteiger charge is 2.21. The molecular weight excluding hydrogens is 487 g/mol. The Morgan fingerprint density at radius 1 is 0.972 bits per heavy atom. The number of hydrogen-bond acceptors (Lipinski definition) is 6. The van der Waals surface area contributed by atoms with Crippen LogP contribution in [-0.4, -0.2) is 46.7 Å². The lowest BCUT2D eigenvalue weighted by Gasteiger charge is -2.24. The first-order chi connectivity index (χ1) is 17.1. The van der Waals surface area contributed by atoms with Crippen LogP contribution in [0.4, 0.5) is 14.9 Å². The van der Waals surface area contributed by atoms with E-state index in [4.69, 9.17) is 13.7 Å². The first kappa shape index (κ1) is 27.0. The summed E-state index contributed by atoms with van der Waals surface area (Å²) in [4.78, 5) is 14.5. The van der Waals surface area contributed by atoms with E-state index in [1.54, 1.807) is 24.1 Å². The molecule has 0 atom stereocenters. The molecule has 0 heterocycles. The van der Waals surface area contributed by atoms with Crippen molar-refractivity contribution in [2.24, 2.45) is 0 Å². The molecule has 0 fully saturated rings. The predicted molar refractivity (Wildman–Crippen MR) is 134 cm³/mol. The van der Waals surface area contributed by atoms with Gasteiger partial charge in [-0.3, -0.25) is 0 Å². The van der Waals surface area contributed by atoms with E-state index < -0.39 is 15.9 Å². The molecule has 3 rings (SSSR count). The standard InChI is InChI=1S/C26H29FN2O6S/c1-18-6-5-7-19(2)25(18)28-26(30)29(14-15-33-3)17-20-8-13-23(34-4)24(16-20)35-36(31,32)22-11-9-21(27)10-12-22/h5-13,16H,14-15,17H2,1-4H3,(H,28,30). The summed E-state index contributed by atoms with van der Waals surface area (Å²) in [7, 11) is -1.32. The van der Waals surface area contributed by atoms with Crippen molar-refractivity contribution < 1.29 is 31.3 Å². The maximum Gasteiger partial charge on any atom is 0.339 e. The van der Waals surface area contributed by atoms with Gasteiger partial charge >= 0.3 is 16.1 Å². The number of hydrogen-bond donors (Lipinski definition) is 1. The van der Waals surface area contributed by atoms with Gasteiger partial charge < -0.3 is 23.9 Å². The first-order valence-corrected chi connectivity index (χ1v) is 12.5. The predicted octanol–water partition coefficient (Wildman–Crippen LogP) is 4.90. The summed E-state index contributed by atoms with van der Waals surface area (Å²) >= 11 is 0. The molecule has 0 spiro atoms. The van der Waals surface area contributed by atoms with Crippen LogP contribution < -0.4 is 14.2 Å². The quantitative estimate of drug-likeness (QED) is 0.385. The number of ether oxygens (including phenoxy) is 2. The van der Waals surface area contributed by atoms with Gasteiger partial charge in [0, 0.05) is 25.9 Å². The fourth-order valence-electron chi connectivity index (χ4n) is 3.52. The Hall–Kier alpha value is -3.63. The van der Waals surface area contributed by atoms with Crippen LogP contribution >= 0.6 is 0 Å². The highest BCUT2D eigenvalue weighted by Crippen LogP contribution is 2.31. The average molecular weight is 517 g/mol. The van der Waals surface area contributed by atoms with Crippen LogP contribution in [0.3, 0.4) is 0 Å². The summed E-state index contributed by atoms with van der Waals surface area (Å²) < 4.78 is 54.5. The van der Waals surface area contributed by atoms with Crippen LogP contribution in [0.1, 0.15) is 16.7 Å². The summed E-state index contributed by atoms with van der Waals surface area (Å²) in [5, 5.41) is 2.96. The number of carbonyl (C=O) groups is 1. The molecule has 0 aliphatic carbocycles. The number of rotatable bonds is 10. The fraction of sp³-hybridized carbons (Fsp3) is 0.269. The number of carbonyl (C=O) groups excluding carboxylic acids is 1. The van der Waals surface area contributed by atoms with E-state index in [1.807, 2.05) is 32.0 Å². The summed E-state index contributed by atoms with van der Waals surface area (Å²) in [6.07, 6.45) is 0. The van der Waals surface area contributed by atoms with Crippen LogP contribution in [0.25, 0.3) is 0 Å². The van der Waals surface area contributed by atoms with Crippen molar-refractivity contribution in [3.63, 3.8) is 0 Å². The van der Waals surface area contributed by atoms with Crippen LogP contribution in [0, 0.1) is 19.7 Å². The van der Waals surface area contributed by atoms with Gasteiger partial charge in [0.05, 0.1) is 13.7 Å². The molecule has 10 heteroatoms. The second-order valence-corrected chi connectivity index (χ2v) is 9.63. The Balaban J connectivity index is 1.86. The number of urea groups is 1. The van der Waals surface area contributed by atoms with E-state index in [0.29, 0.717) is 18.7 Å². The van der Waals surface area contributed by atoms with E-state index >= 15 is 0 Å². The van der Waals surface area contributed by atoms with E-state index in [9.17, 15) is 17.6 Å². The molecule has 192 valence electrons. The molecule has 2 amide bonds. The number of nitrogens with one attached hydrogen (secondary N) is 1. The Labute approximate surface area is 210 Å². The van der Waals surface area contributed by atoms with Crippen LogP contribution in [0.5, 0.6) is 11.5 Å². The third kappa shape index (κ3) is 6.73. The van der Waals surface area contributed by atoms with Crippen molar-refractivity contribution in [2.45, 2.75) is 25.3 Å². The van der Waals surface area contributed by atoms with Crippen LogP contribution in [0.15, 0.2) is 65.6 Å². The van der Waals surface area contributed by atoms with Crippen molar-refractivity contribution >= 4 is 21.8 Å². The molecule has 3 aromatic carbocycles. The number of amides is 2. The van der Waals surface area contributed by atoms with Gasteiger partial charge in [0.2, 0.25) is 0 Å². The maximum absolute atomic E-state index is 13.2. The summed E-state index contributed by atoms with van der Waals surface area (Å²) in [6.45, 7) is 4.58. The van der Waals surface area contributed by atoms with Gasteiger partial charge in [-0.05, 0) is 66.9 Å². The number of halogens is 1. The maximum atomic E-state index is 13.2. The second-order valence-electron chi connectivity index (χ2n) is 8.09. The minimum Gasteiger partial charge on any atom is -0.493 e. The molecule has 0 unspecified atom stereocenters. The van der Waals surface area contributed by atoms with Crippen LogP contribution in [-0.2, 0) is 21.4 Å². The van der Waals surface area contributed by atoms with E-state index in [2.05, 4.69) is 5.32 Å². The lowest BCUT2D eigenvalue weighted by molar-refractivity contribution is 0.152. The van der Waals surface area contributed by atoms with Crippen molar-refractivity contribution in [1.82, 2.24) is 4.90 Å². The third-order valence-electron chi connectivity index (χ3n) is 5.47. The minimum absolute atomic E-state index is 0.0545. The lowest BCUT2D eigenvalue weighted by Crippen LogP contribution is -2.37. The topological polar surface area (TPSA) is 94.2 Å². The number of anilines is 1. The summed E-state index contributed by atoms with van der Waals surface area (Å²) in [5.74, 6) is -0.433. The van der Waals surface area contributed by atoms with E-state index in [-0.39, 0.29) is 29.0 Å². The second kappa shape index (κ2) is 11.9. The van der Waals surface area contributed by atoms with Gasteiger partial charge in [-0.1, -0.05) is 24.3 Å². The molecule has 0 saturated heterocycles. The molecule has 36 heavy (non-hydrogen) atoms. The highest BCUT2D eigenvalue weighted by atomic mass is 32.2. The summed E-state index contributed by atoms with van der Waals surface area (Å²) in [5.41, 5.74) is 3.20. The van der Waals surface area contributed by atoms with Gasteiger partial charge in [-0.25, -0.2) is 9.18 Å². The zero-order valence-corrected chi connectivity index (χ0v) is 21.4. The molecule has 8 nitrogen and oxygen atoms in total. The number of para-hydroxylation sites is 1. The molecule has 0 bridgehead atoms.